The molecule has 0 unspecified atom stereocenters. The molecule has 1 aromatic carbocycles. The molecule has 1 aromatic rings. The number of para-hydroxylation sites is 2. The summed E-state index contributed by atoms with van der Waals surface area (Å²) in [6.45, 7) is 1.44. The summed E-state index contributed by atoms with van der Waals surface area (Å²) < 4.78 is 16.2. The molecule has 1 heterocycles. The van der Waals surface area contributed by atoms with Gasteiger partial charge in [0.2, 0.25) is 6.10 Å². The van der Waals surface area contributed by atoms with Crippen molar-refractivity contribution in [2.45, 2.75) is 38.0 Å². The summed E-state index contributed by atoms with van der Waals surface area (Å²) in [6.07, 6.45) is 0.646. The lowest BCUT2D eigenvalue weighted by molar-refractivity contribution is -0.160. The second-order valence-electron chi connectivity index (χ2n) is 5.26. The van der Waals surface area contributed by atoms with Gasteiger partial charge in [0, 0.05) is 6.04 Å². The van der Waals surface area contributed by atoms with Gasteiger partial charge in [0.05, 0.1) is 0 Å². The van der Waals surface area contributed by atoms with Crippen molar-refractivity contribution in [1.82, 2.24) is 5.32 Å². The van der Waals surface area contributed by atoms with Crippen molar-refractivity contribution in [3.05, 3.63) is 24.3 Å². The zero-order valence-electron chi connectivity index (χ0n) is 11.7. The Morgan fingerprint density at radius 2 is 1.90 bits per heavy atom. The van der Waals surface area contributed by atoms with Gasteiger partial charge < -0.3 is 19.5 Å². The zero-order valence-corrected chi connectivity index (χ0v) is 11.7. The highest BCUT2D eigenvalue weighted by molar-refractivity contribution is 5.83. The predicted molar refractivity (Wildman–Crippen MR) is 73.1 cm³/mol. The van der Waals surface area contributed by atoms with E-state index in [0.29, 0.717) is 11.5 Å². The van der Waals surface area contributed by atoms with Gasteiger partial charge in [-0.25, -0.2) is 4.79 Å². The highest BCUT2D eigenvalue weighted by atomic mass is 16.6. The Morgan fingerprint density at radius 1 is 1.24 bits per heavy atom. The highest BCUT2D eigenvalue weighted by Crippen LogP contribution is 2.33. The SMILES string of the molecule is C[C@H]1Oc2ccccc2O[C@H]1C(=O)OCC(=O)NC1CC1. The van der Waals surface area contributed by atoms with E-state index in [2.05, 4.69) is 5.32 Å². The number of hydrogen-bond donors (Lipinski definition) is 1. The Kier molecular flexibility index (Phi) is 3.68. The minimum absolute atomic E-state index is 0.247. The second kappa shape index (κ2) is 5.63. The number of nitrogens with one attached hydrogen (secondary N) is 1. The van der Waals surface area contributed by atoms with Crippen molar-refractivity contribution in [1.29, 1.82) is 0 Å². The first-order chi connectivity index (χ1) is 10.1. The van der Waals surface area contributed by atoms with Crippen LogP contribution in [-0.4, -0.2) is 36.7 Å². The van der Waals surface area contributed by atoms with Crippen LogP contribution < -0.4 is 14.8 Å². The molecule has 1 aliphatic heterocycles. The molecule has 0 spiro atoms. The average Bonchev–Trinajstić information content (AvgIpc) is 3.28. The molecule has 6 heteroatoms. The molecule has 0 radical (unpaired) electrons. The van der Waals surface area contributed by atoms with Gasteiger partial charge in [-0.1, -0.05) is 12.1 Å². The van der Waals surface area contributed by atoms with Crippen LogP contribution in [0.2, 0.25) is 0 Å². The molecule has 1 saturated carbocycles. The van der Waals surface area contributed by atoms with Crippen LogP contribution in [-0.2, 0) is 14.3 Å². The van der Waals surface area contributed by atoms with Crippen LogP contribution in [0.3, 0.4) is 0 Å². The average molecular weight is 291 g/mol. The van der Waals surface area contributed by atoms with E-state index in [1.807, 2.05) is 6.07 Å². The largest absolute Gasteiger partial charge is 0.482 e. The van der Waals surface area contributed by atoms with Crippen LogP contribution in [0.4, 0.5) is 0 Å². The van der Waals surface area contributed by atoms with E-state index in [0.717, 1.165) is 12.8 Å². The molecule has 1 amide bonds. The Balaban J connectivity index is 1.55. The molecule has 1 N–H and O–H groups in total. The monoisotopic (exact) mass is 291 g/mol. The van der Waals surface area contributed by atoms with E-state index in [1.54, 1.807) is 25.1 Å². The molecule has 0 saturated heterocycles. The first-order valence-corrected chi connectivity index (χ1v) is 7.02. The summed E-state index contributed by atoms with van der Waals surface area (Å²) in [5, 5.41) is 2.75. The molecule has 1 aliphatic carbocycles. The smallest absolute Gasteiger partial charge is 0.351 e. The van der Waals surface area contributed by atoms with Crippen molar-refractivity contribution in [2.75, 3.05) is 6.61 Å². The molecule has 1 fully saturated rings. The quantitative estimate of drug-likeness (QED) is 0.839. The third kappa shape index (κ3) is 3.26. The second-order valence-corrected chi connectivity index (χ2v) is 5.26. The first kappa shape index (κ1) is 13.7. The van der Waals surface area contributed by atoms with Gasteiger partial charge in [-0.15, -0.1) is 0 Å². The van der Waals surface area contributed by atoms with Crippen LogP contribution in [0.5, 0.6) is 11.5 Å². The fourth-order valence-electron chi connectivity index (χ4n) is 2.10. The molecule has 0 aromatic heterocycles. The van der Waals surface area contributed by atoms with Crippen LogP contribution in [0.1, 0.15) is 19.8 Å². The van der Waals surface area contributed by atoms with Crippen molar-refractivity contribution in [3.63, 3.8) is 0 Å². The highest BCUT2D eigenvalue weighted by Gasteiger charge is 2.35. The van der Waals surface area contributed by atoms with E-state index in [4.69, 9.17) is 14.2 Å². The normalized spacial score (nSPS) is 23.3. The van der Waals surface area contributed by atoms with E-state index in [-0.39, 0.29) is 18.6 Å². The lowest BCUT2D eigenvalue weighted by Gasteiger charge is -2.30. The van der Waals surface area contributed by atoms with Gasteiger partial charge in [0.15, 0.2) is 18.1 Å². The number of esters is 1. The Labute approximate surface area is 122 Å². The van der Waals surface area contributed by atoms with E-state index in [9.17, 15) is 9.59 Å². The van der Waals surface area contributed by atoms with Crippen molar-refractivity contribution in [3.8, 4) is 11.5 Å². The molecule has 3 rings (SSSR count). The van der Waals surface area contributed by atoms with E-state index < -0.39 is 18.2 Å². The molecule has 2 atom stereocenters. The maximum absolute atomic E-state index is 12.0. The van der Waals surface area contributed by atoms with Gasteiger partial charge in [0.25, 0.3) is 5.91 Å². The Hall–Kier alpha value is -2.24. The summed E-state index contributed by atoms with van der Waals surface area (Å²) >= 11 is 0. The molecule has 2 aliphatic rings. The third-order valence-corrected chi connectivity index (χ3v) is 3.36. The Bertz CT molecular complexity index is 555. The number of hydrogen-bond acceptors (Lipinski definition) is 5. The standard InChI is InChI=1S/C15H17NO5/c1-9-14(21-12-5-3-2-4-11(12)20-9)15(18)19-8-13(17)16-10-6-7-10/h2-5,9-10,14H,6-8H2,1H3,(H,16,17)/t9-,14-/m1/s1. The van der Waals surface area contributed by atoms with Gasteiger partial charge >= 0.3 is 5.97 Å². The number of ether oxygens (including phenoxy) is 3. The fourth-order valence-corrected chi connectivity index (χ4v) is 2.10. The molecular weight excluding hydrogens is 274 g/mol. The van der Waals surface area contributed by atoms with E-state index in [1.165, 1.54) is 0 Å². The number of fused-ring (bicyclic) bond motifs is 1. The lowest BCUT2D eigenvalue weighted by Crippen LogP contribution is -2.45. The summed E-state index contributed by atoms with van der Waals surface area (Å²) in [4.78, 5) is 23.5. The maximum Gasteiger partial charge on any atom is 0.351 e. The number of amides is 1. The third-order valence-electron chi connectivity index (χ3n) is 3.36. The summed E-state index contributed by atoms with van der Waals surface area (Å²) in [5.74, 6) is 0.221. The summed E-state index contributed by atoms with van der Waals surface area (Å²) in [7, 11) is 0. The van der Waals surface area contributed by atoms with Crippen molar-refractivity contribution in [2.24, 2.45) is 0 Å². The maximum atomic E-state index is 12.0. The summed E-state index contributed by atoms with van der Waals surface area (Å²) in [6, 6.07) is 7.37. The van der Waals surface area contributed by atoms with Crippen LogP contribution in [0.25, 0.3) is 0 Å². The molecule has 0 bridgehead atoms. The topological polar surface area (TPSA) is 73.9 Å². The number of carbonyl (C=O) groups is 2. The van der Waals surface area contributed by atoms with Crippen molar-refractivity contribution < 1.29 is 23.8 Å². The molecule has 21 heavy (non-hydrogen) atoms. The first-order valence-electron chi connectivity index (χ1n) is 7.02. The number of carbonyl (C=O) groups excluding carboxylic acids is 2. The fraction of sp³-hybridized carbons (Fsp3) is 0.467. The van der Waals surface area contributed by atoms with E-state index >= 15 is 0 Å². The number of benzene rings is 1. The van der Waals surface area contributed by atoms with Gasteiger partial charge in [0.1, 0.15) is 6.10 Å². The lowest BCUT2D eigenvalue weighted by atomic mass is 10.2. The molecular formula is C15H17NO5. The van der Waals surface area contributed by atoms with Crippen LogP contribution in [0.15, 0.2) is 24.3 Å². The summed E-state index contributed by atoms with van der Waals surface area (Å²) in [5.41, 5.74) is 0. The van der Waals surface area contributed by atoms with Gasteiger partial charge in [-0.2, -0.15) is 0 Å². The molecule has 6 nitrogen and oxygen atoms in total. The van der Waals surface area contributed by atoms with Gasteiger partial charge in [-0.05, 0) is 31.9 Å². The number of rotatable bonds is 4. The van der Waals surface area contributed by atoms with Crippen molar-refractivity contribution >= 4 is 11.9 Å². The minimum Gasteiger partial charge on any atom is -0.482 e. The van der Waals surface area contributed by atoms with Gasteiger partial charge in [-0.3, -0.25) is 4.79 Å². The molecule has 112 valence electrons. The minimum atomic E-state index is -0.867. The predicted octanol–water partition coefficient (Wildman–Crippen LogP) is 1.04. The van der Waals surface area contributed by atoms with Crippen LogP contribution in [0, 0.1) is 0 Å². The van der Waals surface area contributed by atoms with Crippen LogP contribution >= 0.6 is 0 Å². The zero-order chi connectivity index (χ0) is 14.8. The Morgan fingerprint density at radius 3 is 2.57 bits per heavy atom.